The molecule has 0 aliphatic rings. The van der Waals surface area contributed by atoms with Crippen LogP contribution in [0.15, 0.2) is 12.4 Å². The van der Waals surface area contributed by atoms with Crippen molar-refractivity contribution in [2.24, 2.45) is 0 Å². The van der Waals surface area contributed by atoms with Gasteiger partial charge < -0.3 is 14.6 Å². The Morgan fingerprint density at radius 1 is 1.42 bits per heavy atom. The van der Waals surface area contributed by atoms with E-state index in [0.29, 0.717) is 13.1 Å². The second kappa shape index (κ2) is 8.56. The standard InChI is InChI=1S/C12H21N3O2.C2H6/c1-5-8-15(9-10-13-6-7-14-10)11(16)17-12(2,3)4;1-2/h6-7H,5,8-9H2,1-4H3,(H,13,14);1-2H3. The number of H-pyrrole nitrogens is 1. The van der Waals surface area contributed by atoms with Crippen molar-refractivity contribution in [3.05, 3.63) is 18.2 Å². The number of aromatic nitrogens is 2. The van der Waals surface area contributed by atoms with Crippen LogP contribution in [0.4, 0.5) is 4.79 Å². The Hall–Kier alpha value is -1.52. The average Bonchev–Trinajstić information content (AvgIpc) is 2.82. The Morgan fingerprint density at radius 2 is 2.05 bits per heavy atom. The van der Waals surface area contributed by atoms with Crippen LogP contribution in [0.1, 0.15) is 53.8 Å². The van der Waals surface area contributed by atoms with Crippen molar-refractivity contribution in [1.82, 2.24) is 14.9 Å². The Kier molecular flexibility index (Phi) is 7.87. The van der Waals surface area contributed by atoms with Gasteiger partial charge in [-0.15, -0.1) is 0 Å². The summed E-state index contributed by atoms with van der Waals surface area (Å²) in [4.78, 5) is 20.7. The lowest BCUT2D eigenvalue weighted by Crippen LogP contribution is -2.37. The molecule has 5 nitrogen and oxygen atoms in total. The first-order chi connectivity index (χ1) is 8.92. The molecule has 1 heterocycles. The average molecular weight is 269 g/mol. The van der Waals surface area contributed by atoms with Gasteiger partial charge in [-0.1, -0.05) is 20.8 Å². The van der Waals surface area contributed by atoms with Crippen LogP contribution in [0.3, 0.4) is 0 Å². The molecule has 110 valence electrons. The molecular weight excluding hydrogens is 242 g/mol. The molecule has 0 radical (unpaired) electrons. The van der Waals surface area contributed by atoms with Crippen LogP contribution in [-0.2, 0) is 11.3 Å². The summed E-state index contributed by atoms with van der Waals surface area (Å²) in [6.07, 6.45) is 4.01. The zero-order valence-corrected chi connectivity index (χ0v) is 13.0. The molecule has 0 bridgehead atoms. The predicted octanol–water partition coefficient (Wildman–Crippen LogP) is 3.58. The first-order valence-corrected chi connectivity index (χ1v) is 6.88. The van der Waals surface area contributed by atoms with Crippen molar-refractivity contribution in [1.29, 1.82) is 0 Å². The van der Waals surface area contributed by atoms with Gasteiger partial charge in [-0.3, -0.25) is 0 Å². The van der Waals surface area contributed by atoms with Gasteiger partial charge >= 0.3 is 6.09 Å². The summed E-state index contributed by atoms with van der Waals surface area (Å²) in [5.74, 6) is 0.768. The zero-order valence-electron chi connectivity index (χ0n) is 13.0. The Labute approximate surface area is 116 Å². The van der Waals surface area contributed by atoms with Gasteiger partial charge in [-0.2, -0.15) is 0 Å². The summed E-state index contributed by atoms with van der Waals surface area (Å²) in [7, 11) is 0. The molecule has 1 aromatic heterocycles. The van der Waals surface area contributed by atoms with Gasteiger partial charge in [0.2, 0.25) is 0 Å². The quantitative estimate of drug-likeness (QED) is 0.908. The molecule has 0 aromatic carbocycles. The minimum absolute atomic E-state index is 0.296. The first kappa shape index (κ1) is 17.5. The van der Waals surface area contributed by atoms with E-state index in [1.54, 1.807) is 17.3 Å². The maximum atomic E-state index is 11.9. The lowest BCUT2D eigenvalue weighted by atomic mass is 10.2. The highest BCUT2D eigenvalue weighted by atomic mass is 16.6. The molecule has 0 saturated carbocycles. The third-order valence-electron chi connectivity index (χ3n) is 2.04. The van der Waals surface area contributed by atoms with Crippen molar-refractivity contribution in [2.45, 2.75) is 60.1 Å². The van der Waals surface area contributed by atoms with Gasteiger partial charge in [-0.25, -0.2) is 9.78 Å². The molecule has 1 N–H and O–H groups in total. The number of nitrogens with zero attached hydrogens (tertiary/aromatic N) is 2. The summed E-state index contributed by atoms with van der Waals surface area (Å²) in [5, 5.41) is 0. The molecule has 1 amide bonds. The Morgan fingerprint density at radius 3 is 2.47 bits per heavy atom. The number of aromatic amines is 1. The summed E-state index contributed by atoms with van der Waals surface area (Å²) in [6.45, 7) is 12.7. The number of carbonyl (C=O) groups excluding carboxylic acids is 1. The highest BCUT2D eigenvalue weighted by Crippen LogP contribution is 2.11. The molecular formula is C14H27N3O2. The fourth-order valence-corrected chi connectivity index (χ4v) is 1.40. The summed E-state index contributed by atoms with van der Waals surface area (Å²) >= 11 is 0. The molecule has 0 unspecified atom stereocenters. The topological polar surface area (TPSA) is 58.2 Å². The molecule has 19 heavy (non-hydrogen) atoms. The number of amides is 1. The smallest absolute Gasteiger partial charge is 0.410 e. The van der Waals surface area contributed by atoms with Crippen molar-refractivity contribution in [3.8, 4) is 0 Å². The fraction of sp³-hybridized carbons (Fsp3) is 0.714. The lowest BCUT2D eigenvalue weighted by molar-refractivity contribution is 0.0229. The SMILES string of the molecule is CC.CCCN(Cc1ncc[nH]1)C(=O)OC(C)(C)C. The van der Waals surface area contributed by atoms with Gasteiger partial charge in [0, 0.05) is 18.9 Å². The summed E-state index contributed by atoms with van der Waals surface area (Å²) < 4.78 is 5.35. The summed E-state index contributed by atoms with van der Waals surface area (Å²) in [6, 6.07) is 0. The second-order valence-corrected chi connectivity index (χ2v) is 4.94. The van der Waals surface area contributed by atoms with E-state index in [2.05, 4.69) is 9.97 Å². The van der Waals surface area contributed by atoms with E-state index in [-0.39, 0.29) is 6.09 Å². The fourth-order valence-electron chi connectivity index (χ4n) is 1.40. The molecule has 0 saturated heterocycles. The van der Waals surface area contributed by atoms with Crippen LogP contribution < -0.4 is 0 Å². The van der Waals surface area contributed by atoms with Crippen molar-refractivity contribution < 1.29 is 9.53 Å². The van der Waals surface area contributed by atoms with E-state index >= 15 is 0 Å². The van der Waals surface area contributed by atoms with E-state index in [1.807, 2.05) is 41.5 Å². The monoisotopic (exact) mass is 269 g/mol. The molecule has 1 aromatic rings. The number of carbonyl (C=O) groups is 1. The van der Waals surface area contributed by atoms with Gasteiger partial charge in [-0.05, 0) is 27.2 Å². The van der Waals surface area contributed by atoms with Crippen LogP contribution in [0.2, 0.25) is 0 Å². The van der Waals surface area contributed by atoms with Gasteiger partial charge in [0.1, 0.15) is 11.4 Å². The predicted molar refractivity (Wildman–Crippen MR) is 76.9 cm³/mol. The minimum Gasteiger partial charge on any atom is -0.444 e. The molecule has 0 aliphatic heterocycles. The summed E-state index contributed by atoms with van der Waals surface area (Å²) in [5.41, 5.74) is -0.466. The second-order valence-electron chi connectivity index (χ2n) is 4.94. The lowest BCUT2D eigenvalue weighted by Gasteiger charge is -2.26. The van der Waals surface area contributed by atoms with Crippen LogP contribution in [0.25, 0.3) is 0 Å². The van der Waals surface area contributed by atoms with Gasteiger partial charge in [0.15, 0.2) is 0 Å². The minimum atomic E-state index is -0.466. The molecule has 0 aliphatic carbocycles. The van der Waals surface area contributed by atoms with E-state index in [1.165, 1.54) is 0 Å². The van der Waals surface area contributed by atoms with Crippen molar-refractivity contribution in [2.75, 3.05) is 6.54 Å². The van der Waals surface area contributed by atoms with E-state index in [4.69, 9.17) is 4.74 Å². The molecule has 0 atom stereocenters. The van der Waals surface area contributed by atoms with Gasteiger partial charge in [0.25, 0.3) is 0 Å². The number of hydrogen-bond donors (Lipinski definition) is 1. The van der Waals surface area contributed by atoms with E-state index in [9.17, 15) is 4.79 Å². The number of nitrogens with one attached hydrogen (secondary N) is 1. The van der Waals surface area contributed by atoms with Gasteiger partial charge in [0.05, 0.1) is 6.54 Å². The number of hydrogen-bond acceptors (Lipinski definition) is 3. The van der Waals surface area contributed by atoms with Crippen molar-refractivity contribution >= 4 is 6.09 Å². The van der Waals surface area contributed by atoms with Crippen LogP contribution >= 0.6 is 0 Å². The molecule has 0 spiro atoms. The first-order valence-electron chi connectivity index (χ1n) is 6.88. The highest BCUT2D eigenvalue weighted by Gasteiger charge is 2.22. The molecule has 1 rings (SSSR count). The Bertz CT molecular complexity index is 342. The van der Waals surface area contributed by atoms with E-state index < -0.39 is 5.60 Å². The third-order valence-corrected chi connectivity index (χ3v) is 2.04. The maximum absolute atomic E-state index is 11.9. The maximum Gasteiger partial charge on any atom is 0.410 e. The number of rotatable bonds is 4. The number of imidazole rings is 1. The van der Waals surface area contributed by atoms with Crippen LogP contribution in [0.5, 0.6) is 0 Å². The normalized spacial score (nSPS) is 10.4. The highest BCUT2D eigenvalue weighted by molar-refractivity contribution is 5.68. The third kappa shape index (κ3) is 7.49. The van der Waals surface area contributed by atoms with E-state index in [0.717, 1.165) is 12.2 Å². The number of ether oxygens (including phenoxy) is 1. The Balaban J connectivity index is 0.00000154. The van der Waals surface area contributed by atoms with Crippen LogP contribution in [-0.4, -0.2) is 33.1 Å². The largest absolute Gasteiger partial charge is 0.444 e. The van der Waals surface area contributed by atoms with Crippen LogP contribution in [0, 0.1) is 0 Å². The zero-order chi connectivity index (χ0) is 14.9. The molecule has 5 heteroatoms. The molecule has 0 fully saturated rings. The van der Waals surface area contributed by atoms with Crippen molar-refractivity contribution in [3.63, 3.8) is 0 Å².